The normalized spacial score (nSPS) is 18.6. The van der Waals surface area contributed by atoms with Gasteiger partial charge in [-0.2, -0.15) is 0 Å². The van der Waals surface area contributed by atoms with Crippen LogP contribution in [-0.2, 0) is 11.2 Å². The van der Waals surface area contributed by atoms with Crippen LogP contribution < -0.4 is 5.32 Å². The monoisotopic (exact) mass is 247 g/mol. The van der Waals surface area contributed by atoms with E-state index in [1.807, 2.05) is 0 Å². The number of carboxylic acids is 1. The van der Waals surface area contributed by atoms with E-state index in [0.29, 0.717) is 6.42 Å². The maximum atomic E-state index is 11.6. The third-order valence-electron chi connectivity index (χ3n) is 4.05. The second kappa shape index (κ2) is 5.11. The molecule has 1 fully saturated rings. The van der Waals surface area contributed by atoms with Crippen molar-refractivity contribution in [1.29, 1.82) is 0 Å². The van der Waals surface area contributed by atoms with Crippen molar-refractivity contribution >= 4 is 5.97 Å². The van der Waals surface area contributed by atoms with Gasteiger partial charge in [0.15, 0.2) is 0 Å². The van der Waals surface area contributed by atoms with Gasteiger partial charge in [0.1, 0.15) is 0 Å². The van der Waals surface area contributed by atoms with E-state index in [1.54, 1.807) is 0 Å². The van der Waals surface area contributed by atoms with Crippen LogP contribution in [0, 0.1) is 19.3 Å². The molecule has 2 N–H and O–H groups in total. The third kappa shape index (κ3) is 2.56. The van der Waals surface area contributed by atoms with Crippen molar-refractivity contribution in [1.82, 2.24) is 5.32 Å². The molecule has 0 aromatic heterocycles. The summed E-state index contributed by atoms with van der Waals surface area (Å²) < 4.78 is 0. The Morgan fingerprint density at radius 3 is 2.61 bits per heavy atom. The number of aryl methyl sites for hydroxylation is 2. The van der Waals surface area contributed by atoms with Gasteiger partial charge in [-0.1, -0.05) is 23.8 Å². The topological polar surface area (TPSA) is 49.3 Å². The molecule has 0 atom stereocenters. The van der Waals surface area contributed by atoms with Gasteiger partial charge in [-0.05, 0) is 57.3 Å². The van der Waals surface area contributed by atoms with E-state index in [0.717, 1.165) is 25.9 Å². The molecule has 1 heterocycles. The molecule has 18 heavy (non-hydrogen) atoms. The second-order valence-electron chi connectivity index (χ2n) is 5.44. The Labute approximate surface area is 108 Å². The fourth-order valence-corrected chi connectivity index (χ4v) is 2.73. The molecule has 3 nitrogen and oxygen atoms in total. The van der Waals surface area contributed by atoms with Crippen LogP contribution in [0.4, 0.5) is 0 Å². The molecule has 0 spiro atoms. The predicted octanol–water partition coefficient (Wildman–Crippen LogP) is 2.30. The standard InChI is InChI=1S/C15H21NO2/c1-11-3-4-12(2)13(9-11)10-15(14(17)18)5-7-16-8-6-15/h3-4,9,16H,5-8,10H2,1-2H3,(H,17,18). The van der Waals surface area contributed by atoms with Gasteiger partial charge in [0, 0.05) is 0 Å². The van der Waals surface area contributed by atoms with Crippen LogP contribution in [0.25, 0.3) is 0 Å². The summed E-state index contributed by atoms with van der Waals surface area (Å²) in [6.07, 6.45) is 2.09. The molecule has 0 saturated carbocycles. The summed E-state index contributed by atoms with van der Waals surface area (Å²) in [5, 5.41) is 12.8. The van der Waals surface area contributed by atoms with Gasteiger partial charge < -0.3 is 10.4 Å². The van der Waals surface area contributed by atoms with Gasteiger partial charge in [0.05, 0.1) is 5.41 Å². The molecule has 98 valence electrons. The van der Waals surface area contributed by atoms with Gasteiger partial charge in [0.25, 0.3) is 0 Å². The highest BCUT2D eigenvalue weighted by molar-refractivity contribution is 5.75. The molecule has 0 radical (unpaired) electrons. The summed E-state index contributed by atoms with van der Waals surface area (Å²) in [7, 11) is 0. The molecule has 3 heteroatoms. The van der Waals surface area contributed by atoms with Crippen LogP contribution in [0.5, 0.6) is 0 Å². The van der Waals surface area contributed by atoms with Crippen molar-refractivity contribution in [2.45, 2.75) is 33.1 Å². The fraction of sp³-hybridized carbons (Fsp3) is 0.533. The zero-order chi connectivity index (χ0) is 13.2. The van der Waals surface area contributed by atoms with E-state index in [1.165, 1.54) is 16.7 Å². The van der Waals surface area contributed by atoms with E-state index in [4.69, 9.17) is 0 Å². The van der Waals surface area contributed by atoms with Crippen molar-refractivity contribution in [3.05, 3.63) is 34.9 Å². The highest BCUT2D eigenvalue weighted by Crippen LogP contribution is 2.34. The Balaban J connectivity index is 2.28. The molecular formula is C15H21NO2. The van der Waals surface area contributed by atoms with Crippen LogP contribution in [0.1, 0.15) is 29.5 Å². The second-order valence-corrected chi connectivity index (χ2v) is 5.44. The van der Waals surface area contributed by atoms with E-state index >= 15 is 0 Å². The number of carboxylic acid groups (broad SMARTS) is 1. The van der Waals surface area contributed by atoms with Crippen LogP contribution in [-0.4, -0.2) is 24.2 Å². The summed E-state index contributed by atoms with van der Waals surface area (Å²) in [6, 6.07) is 6.29. The van der Waals surface area contributed by atoms with Crippen LogP contribution in [0.15, 0.2) is 18.2 Å². The smallest absolute Gasteiger partial charge is 0.310 e. The molecule has 2 rings (SSSR count). The van der Waals surface area contributed by atoms with E-state index < -0.39 is 11.4 Å². The maximum Gasteiger partial charge on any atom is 0.310 e. The number of piperidine rings is 1. The lowest BCUT2D eigenvalue weighted by atomic mass is 9.73. The zero-order valence-corrected chi connectivity index (χ0v) is 11.1. The summed E-state index contributed by atoms with van der Waals surface area (Å²) in [5.74, 6) is -0.648. The number of benzene rings is 1. The quantitative estimate of drug-likeness (QED) is 0.861. The number of nitrogens with one attached hydrogen (secondary N) is 1. The SMILES string of the molecule is Cc1ccc(C)c(CC2(C(=O)O)CCNCC2)c1. The molecule has 1 aliphatic heterocycles. The minimum atomic E-state index is -0.648. The maximum absolute atomic E-state index is 11.6. The van der Waals surface area contributed by atoms with Crippen molar-refractivity contribution in [3.63, 3.8) is 0 Å². The highest BCUT2D eigenvalue weighted by atomic mass is 16.4. The minimum absolute atomic E-state index is 0.580. The molecule has 1 aliphatic rings. The van der Waals surface area contributed by atoms with Gasteiger partial charge in [0.2, 0.25) is 0 Å². The first-order valence-electron chi connectivity index (χ1n) is 6.54. The molecular weight excluding hydrogens is 226 g/mol. The lowest BCUT2D eigenvalue weighted by Gasteiger charge is -2.34. The molecule has 0 unspecified atom stereocenters. The van der Waals surface area contributed by atoms with Crippen LogP contribution in [0.3, 0.4) is 0 Å². The van der Waals surface area contributed by atoms with Gasteiger partial charge in [-0.3, -0.25) is 4.79 Å². The van der Waals surface area contributed by atoms with Crippen molar-refractivity contribution in [2.75, 3.05) is 13.1 Å². The lowest BCUT2D eigenvalue weighted by Crippen LogP contribution is -2.43. The molecule has 0 aliphatic carbocycles. The summed E-state index contributed by atoms with van der Waals surface area (Å²) in [5.41, 5.74) is 2.99. The zero-order valence-electron chi connectivity index (χ0n) is 11.1. The van der Waals surface area contributed by atoms with Gasteiger partial charge >= 0.3 is 5.97 Å². The Kier molecular flexibility index (Phi) is 3.71. The molecule has 1 aromatic carbocycles. The Bertz CT molecular complexity index is 448. The van der Waals surface area contributed by atoms with Gasteiger partial charge in [-0.15, -0.1) is 0 Å². The minimum Gasteiger partial charge on any atom is -0.481 e. The first-order valence-corrected chi connectivity index (χ1v) is 6.54. The lowest BCUT2D eigenvalue weighted by molar-refractivity contribution is -0.150. The Morgan fingerprint density at radius 1 is 1.33 bits per heavy atom. The average molecular weight is 247 g/mol. The average Bonchev–Trinajstić information content (AvgIpc) is 2.35. The van der Waals surface area contributed by atoms with Crippen molar-refractivity contribution < 1.29 is 9.90 Å². The van der Waals surface area contributed by atoms with Crippen LogP contribution in [0.2, 0.25) is 0 Å². The van der Waals surface area contributed by atoms with Crippen molar-refractivity contribution in [3.8, 4) is 0 Å². The molecule has 1 saturated heterocycles. The number of aliphatic carboxylic acids is 1. The number of hydrogen-bond donors (Lipinski definition) is 2. The third-order valence-corrected chi connectivity index (χ3v) is 4.05. The summed E-state index contributed by atoms with van der Waals surface area (Å²) in [6.45, 7) is 5.72. The number of carbonyl (C=O) groups is 1. The molecule has 1 aromatic rings. The number of hydrogen-bond acceptors (Lipinski definition) is 2. The van der Waals surface area contributed by atoms with E-state index in [-0.39, 0.29) is 0 Å². The first-order chi connectivity index (χ1) is 8.53. The van der Waals surface area contributed by atoms with Crippen LogP contribution >= 0.6 is 0 Å². The Morgan fingerprint density at radius 2 is 2.00 bits per heavy atom. The largest absolute Gasteiger partial charge is 0.481 e. The van der Waals surface area contributed by atoms with E-state index in [2.05, 4.69) is 37.4 Å². The summed E-state index contributed by atoms with van der Waals surface area (Å²) >= 11 is 0. The van der Waals surface area contributed by atoms with Crippen molar-refractivity contribution in [2.24, 2.45) is 5.41 Å². The van der Waals surface area contributed by atoms with Gasteiger partial charge in [-0.25, -0.2) is 0 Å². The Hall–Kier alpha value is -1.35. The van der Waals surface area contributed by atoms with E-state index in [9.17, 15) is 9.90 Å². The predicted molar refractivity (Wildman–Crippen MR) is 71.8 cm³/mol. The molecule has 0 amide bonds. The number of rotatable bonds is 3. The molecule has 0 bridgehead atoms. The summed E-state index contributed by atoms with van der Waals surface area (Å²) in [4.78, 5) is 11.6. The highest BCUT2D eigenvalue weighted by Gasteiger charge is 2.39. The fourth-order valence-electron chi connectivity index (χ4n) is 2.73. The first kappa shape index (κ1) is 13.1.